The van der Waals surface area contributed by atoms with Gasteiger partial charge in [0.2, 0.25) is 0 Å². The fraction of sp³-hybridized carbons (Fsp3) is 1.00. The number of nitrogens with one attached hydrogen (secondary N) is 1. The summed E-state index contributed by atoms with van der Waals surface area (Å²) in [7, 11) is 0. The van der Waals surface area contributed by atoms with Crippen LogP contribution in [0.3, 0.4) is 0 Å². The van der Waals surface area contributed by atoms with E-state index in [4.69, 9.17) is 18.9 Å². The molecule has 0 aliphatic carbocycles. The van der Waals surface area contributed by atoms with Gasteiger partial charge in [-0.1, -0.05) is 13.3 Å². The summed E-state index contributed by atoms with van der Waals surface area (Å²) in [6, 6.07) is 0. The minimum atomic E-state index is 0.135. The van der Waals surface area contributed by atoms with E-state index in [2.05, 4.69) is 19.2 Å². The summed E-state index contributed by atoms with van der Waals surface area (Å²) >= 11 is 0. The van der Waals surface area contributed by atoms with Crippen molar-refractivity contribution in [3.05, 3.63) is 0 Å². The van der Waals surface area contributed by atoms with Gasteiger partial charge in [-0.15, -0.1) is 0 Å². The first-order chi connectivity index (χ1) is 9.77. The van der Waals surface area contributed by atoms with E-state index in [1.165, 1.54) is 6.42 Å². The van der Waals surface area contributed by atoms with Crippen molar-refractivity contribution in [3.8, 4) is 0 Å². The molecule has 1 aliphatic rings. The van der Waals surface area contributed by atoms with Crippen LogP contribution in [-0.2, 0) is 18.9 Å². The topological polar surface area (TPSA) is 49.0 Å². The lowest BCUT2D eigenvalue weighted by molar-refractivity contribution is 0.0138. The molecule has 1 N–H and O–H groups in total. The maximum atomic E-state index is 5.51. The lowest BCUT2D eigenvalue weighted by Gasteiger charge is -2.23. The molecule has 0 bridgehead atoms. The zero-order valence-electron chi connectivity index (χ0n) is 13.1. The van der Waals surface area contributed by atoms with Gasteiger partial charge in [0.1, 0.15) is 0 Å². The normalized spacial score (nSPS) is 22.5. The van der Waals surface area contributed by atoms with E-state index in [0.29, 0.717) is 33.0 Å². The predicted octanol–water partition coefficient (Wildman–Crippen LogP) is 1.60. The molecular formula is C15H31NO4. The third-order valence-corrected chi connectivity index (χ3v) is 3.40. The van der Waals surface area contributed by atoms with Crippen LogP contribution in [0.1, 0.15) is 33.1 Å². The van der Waals surface area contributed by atoms with Gasteiger partial charge in [0.15, 0.2) is 0 Å². The van der Waals surface area contributed by atoms with Crippen LogP contribution >= 0.6 is 0 Å². The second-order valence-electron chi connectivity index (χ2n) is 5.48. The van der Waals surface area contributed by atoms with Crippen LogP contribution in [0, 0.1) is 0 Å². The van der Waals surface area contributed by atoms with Gasteiger partial charge in [0.05, 0.1) is 39.6 Å². The van der Waals surface area contributed by atoms with Crippen molar-refractivity contribution in [2.24, 2.45) is 0 Å². The number of hydrogen-bond acceptors (Lipinski definition) is 5. The highest BCUT2D eigenvalue weighted by Crippen LogP contribution is 2.16. The van der Waals surface area contributed by atoms with E-state index in [1.54, 1.807) is 0 Å². The Kier molecular flexibility index (Phi) is 10.2. The molecule has 0 amide bonds. The first kappa shape index (κ1) is 17.9. The Bertz CT molecular complexity index is 220. The van der Waals surface area contributed by atoms with Gasteiger partial charge in [-0.05, 0) is 19.8 Å². The van der Waals surface area contributed by atoms with Crippen LogP contribution in [0.4, 0.5) is 0 Å². The van der Waals surface area contributed by atoms with Crippen molar-refractivity contribution in [1.29, 1.82) is 0 Å². The van der Waals surface area contributed by atoms with Crippen molar-refractivity contribution in [2.75, 3.05) is 59.4 Å². The Morgan fingerprint density at radius 1 is 1.00 bits per heavy atom. The lowest BCUT2D eigenvalue weighted by Crippen LogP contribution is -2.44. The second-order valence-corrected chi connectivity index (χ2v) is 5.48. The molecule has 1 atom stereocenters. The van der Waals surface area contributed by atoms with Gasteiger partial charge in [-0.25, -0.2) is 0 Å². The monoisotopic (exact) mass is 289 g/mol. The van der Waals surface area contributed by atoms with Crippen LogP contribution in [0.25, 0.3) is 0 Å². The van der Waals surface area contributed by atoms with E-state index < -0.39 is 0 Å². The molecule has 0 saturated carbocycles. The highest BCUT2D eigenvalue weighted by atomic mass is 16.5. The largest absolute Gasteiger partial charge is 0.379 e. The molecule has 1 unspecified atom stereocenters. The first-order valence-corrected chi connectivity index (χ1v) is 7.83. The quantitative estimate of drug-likeness (QED) is 0.522. The van der Waals surface area contributed by atoms with Crippen molar-refractivity contribution in [3.63, 3.8) is 0 Å². The molecule has 20 heavy (non-hydrogen) atoms. The van der Waals surface area contributed by atoms with Gasteiger partial charge in [0.25, 0.3) is 0 Å². The van der Waals surface area contributed by atoms with E-state index in [0.717, 1.165) is 39.2 Å². The fourth-order valence-electron chi connectivity index (χ4n) is 2.02. The van der Waals surface area contributed by atoms with Crippen molar-refractivity contribution < 1.29 is 18.9 Å². The van der Waals surface area contributed by atoms with E-state index in [9.17, 15) is 0 Å². The Morgan fingerprint density at radius 3 is 2.25 bits per heavy atom. The summed E-state index contributed by atoms with van der Waals surface area (Å²) in [6.07, 6.45) is 3.38. The molecule has 0 radical (unpaired) electrons. The zero-order chi connectivity index (χ0) is 14.5. The van der Waals surface area contributed by atoms with E-state index in [1.807, 2.05) is 0 Å². The molecule has 5 heteroatoms. The Balaban J connectivity index is 1.74. The molecule has 0 aromatic carbocycles. The van der Waals surface area contributed by atoms with Crippen LogP contribution < -0.4 is 5.32 Å². The summed E-state index contributed by atoms with van der Waals surface area (Å²) in [5.74, 6) is 0. The molecule has 0 aromatic rings. The third-order valence-electron chi connectivity index (χ3n) is 3.40. The minimum absolute atomic E-state index is 0.135. The van der Waals surface area contributed by atoms with Gasteiger partial charge in [-0.2, -0.15) is 0 Å². The van der Waals surface area contributed by atoms with E-state index >= 15 is 0 Å². The Morgan fingerprint density at radius 2 is 1.65 bits per heavy atom. The standard InChI is InChI=1S/C15H31NO4/c1-3-4-7-17-10-12-19-13-11-18-9-6-16-15(2)5-8-20-14-15/h16H,3-14H2,1-2H3. The molecule has 0 spiro atoms. The second kappa shape index (κ2) is 11.5. The summed E-state index contributed by atoms with van der Waals surface area (Å²) in [4.78, 5) is 0. The molecule has 0 aromatic heterocycles. The molecule has 1 rings (SSSR count). The fourth-order valence-corrected chi connectivity index (χ4v) is 2.02. The van der Waals surface area contributed by atoms with Crippen molar-refractivity contribution in [2.45, 2.75) is 38.6 Å². The summed E-state index contributed by atoms with van der Waals surface area (Å²) in [5.41, 5.74) is 0.135. The maximum Gasteiger partial charge on any atom is 0.0701 e. The molecule has 1 aliphatic heterocycles. The van der Waals surface area contributed by atoms with Gasteiger partial charge in [-0.3, -0.25) is 0 Å². The zero-order valence-corrected chi connectivity index (χ0v) is 13.1. The van der Waals surface area contributed by atoms with Crippen LogP contribution in [0.2, 0.25) is 0 Å². The van der Waals surface area contributed by atoms with Crippen LogP contribution in [0.5, 0.6) is 0 Å². The van der Waals surface area contributed by atoms with Gasteiger partial charge < -0.3 is 24.3 Å². The minimum Gasteiger partial charge on any atom is -0.379 e. The molecule has 1 fully saturated rings. The third kappa shape index (κ3) is 8.87. The smallest absolute Gasteiger partial charge is 0.0701 e. The van der Waals surface area contributed by atoms with Gasteiger partial charge in [0, 0.05) is 25.3 Å². The van der Waals surface area contributed by atoms with Crippen molar-refractivity contribution in [1.82, 2.24) is 5.32 Å². The molecule has 1 heterocycles. The summed E-state index contributed by atoms with van der Waals surface area (Å²) < 4.78 is 21.7. The predicted molar refractivity (Wildman–Crippen MR) is 79.2 cm³/mol. The average molecular weight is 289 g/mol. The molecular weight excluding hydrogens is 258 g/mol. The Hall–Kier alpha value is -0.200. The molecule has 1 saturated heterocycles. The summed E-state index contributed by atoms with van der Waals surface area (Å²) in [6.45, 7) is 11.0. The van der Waals surface area contributed by atoms with E-state index in [-0.39, 0.29) is 5.54 Å². The highest BCUT2D eigenvalue weighted by molar-refractivity contribution is 4.86. The average Bonchev–Trinajstić information content (AvgIpc) is 2.87. The molecule has 120 valence electrons. The summed E-state index contributed by atoms with van der Waals surface area (Å²) in [5, 5.41) is 3.48. The SMILES string of the molecule is CCCCOCCOCCOCCNC1(C)CCOC1. The number of unbranched alkanes of at least 4 members (excludes halogenated alkanes) is 1. The molecule has 5 nitrogen and oxygen atoms in total. The van der Waals surface area contributed by atoms with Crippen LogP contribution in [-0.4, -0.2) is 64.9 Å². The highest BCUT2D eigenvalue weighted by Gasteiger charge is 2.28. The lowest BCUT2D eigenvalue weighted by atomic mass is 10.0. The van der Waals surface area contributed by atoms with Crippen LogP contribution in [0.15, 0.2) is 0 Å². The Labute approximate surface area is 123 Å². The number of rotatable bonds is 13. The van der Waals surface area contributed by atoms with Crippen molar-refractivity contribution >= 4 is 0 Å². The van der Waals surface area contributed by atoms with Gasteiger partial charge >= 0.3 is 0 Å². The number of ether oxygens (including phenoxy) is 4. The maximum absolute atomic E-state index is 5.51. The number of hydrogen-bond donors (Lipinski definition) is 1. The first-order valence-electron chi connectivity index (χ1n) is 7.83.